The fraction of sp³-hybridized carbons (Fsp3) is 0.188. The van der Waals surface area contributed by atoms with E-state index in [9.17, 15) is 32.5 Å². The second-order valence-electron chi connectivity index (χ2n) is 5.05. The molecule has 0 aliphatic rings. The molecule has 0 aromatic heterocycles. The Hall–Kier alpha value is -3.17. The highest BCUT2D eigenvalue weighted by Crippen LogP contribution is 2.31. The summed E-state index contributed by atoms with van der Waals surface area (Å²) in [6, 6.07) is 6.70. The number of benzene rings is 2. The maximum atomic E-state index is 13.6. The average Bonchev–Trinajstić information content (AvgIpc) is 2.58. The number of nitrogens with one attached hydrogen (secondary N) is 1. The topological polar surface area (TPSA) is 81.5 Å². The van der Waals surface area contributed by atoms with Gasteiger partial charge in [0.2, 0.25) is 0 Å². The summed E-state index contributed by atoms with van der Waals surface area (Å²) in [7, 11) is 0. The summed E-state index contributed by atoms with van der Waals surface area (Å²) in [6.45, 7) is -0.319. The molecule has 138 valence electrons. The van der Waals surface area contributed by atoms with Crippen LogP contribution < -0.4 is 10.1 Å². The first-order valence-electron chi connectivity index (χ1n) is 7.20. The molecule has 26 heavy (non-hydrogen) atoms. The Labute approximate surface area is 144 Å². The van der Waals surface area contributed by atoms with Crippen LogP contribution in [0.3, 0.4) is 0 Å². The Kier molecular flexibility index (Phi) is 5.75. The number of nitrogens with zero attached hydrogens (tertiary/aromatic N) is 1. The van der Waals surface area contributed by atoms with Crippen LogP contribution in [0.5, 0.6) is 5.75 Å². The number of alkyl halides is 3. The number of hydrogen-bond donors (Lipinski definition) is 1. The lowest BCUT2D eigenvalue weighted by Gasteiger charge is -2.11. The molecule has 10 heteroatoms. The lowest BCUT2D eigenvalue weighted by atomic mass is 10.1. The molecule has 0 spiro atoms. The quantitative estimate of drug-likeness (QED) is 0.364. The Balaban J connectivity index is 1.92. The van der Waals surface area contributed by atoms with Crippen LogP contribution in [-0.4, -0.2) is 24.0 Å². The fourth-order valence-corrected chi connectivity index (χ4v) is 1.99. The average molecular weight is 372 g/mol. The molecular formula is C16H12F4N2O4. The largest absolute Gasteiger partial charge is 0.492 e. The van der Waals surface area contributed by atoms with Gasteiger partial charge >= 0.3 is 6.18 Å². The minimum Gasteiger partial charge on any atom is -0.492 e. The van der Waals surface area contributed by atoms with Crippen molar-refractivity contribution in [1.29, 1.82) is 0 Å². The van der Waals surface area contributed by atoms with Gasteiger partial charge in [-0.1, -0.05) is 6.07 Å². The van der Waals surface area contributed by atoms with Crippen molar-refractivity contribution in [2.75, 3.05) is 13.2 Å². The van der Waals surface area contributed by atoms with Crippen molar-refractivity contribution >= 4 is 11.6 Å². The van der Waals surface area contributed by atoms with Crippen LogP contribution in [0.2, 0.25) is 0 Å². The van der Waals surface area contributed by atoms with E-state index < -0.39 is 39.6 Å². The van der Waals surface area contributed by atoms with Crippen molar-refractivity contribution in [1.82, 2.24) is 5.32 Å². The minimum atomic E-state index is -4.51. The first-order valence-corrected chi connectivity index (χ1v) is 7.20. The standard InChI is InChI=1S/C16H12F4N2O4/c17-14-5-4-11(22(24)25)9-13(14)15(23)21-6-7-26-12-3-1-2-10(8-12)16(18,19)20/h1-5,8-9H,6-7H2,(H,21,23). The van der Waals surface area contributed by atoms with Crippen LogP contribution in [0.1, 0.15) is 15.9 Å². The molecule has 0 saturated heterocycles. The number of nitro groups is 1. The van der Waals surface area contributed by atoms with Gasteiger partial charge in [0.1, 0.15) is 18.2 Å². The predicted octanol–water partition coefficient (Wildman–Crippen LogP) is 3.56. The molecule has 0 fully saturated rings. The van der Waals surface area contributed by atoms with Crippen LogP contribution in [0.4, 0.5) is 23.2 Å². The van der Waals surface area contributed by atoms with Crippen molar-refractivity contribution < 1.29 is 32.0 Å². The van der Waals surface area contributed by atoms with Crippen molar-refractivity contribution in [2.45, 2.75) is 6.18 Å². The maximum Gasteiger partial charge on any atom is 0.416 e. The van der Waals surface area contributed by atoms with Gasteiger partial charge in [-0.25, -0.2) is 4.39 Å². The minimum absolute atomic E-state index is 0.0457. The molecule has 0 aliphatic carbocycles. The van der Waals surface area contributed by atoms with Gasteiger partial charge in [0, 0.05) is 12.1 Å². The molecule has 0 radical (unpaired) electrons. The van der Waals surface area contributed by atoms with Crippen molar-refractivity contribution in [3.8, 4) is 5.75 Å². The Morgan fingerprint density at radius 1 is 1.19 bits per heavy atom. The zero-order valence-electron chi connectivity index (χ0n) is 13.0. The summed E-state index contributed by atoms with van der Waals surface area (Å²) < 4.78 is 56.4. The molecular weight excluding hydrogens is 360 g/mol. The van der Waals surface area contributed by atoms with Gasteiger partial charge in [-0.2, -0.15) is 13.2 Å². The Bertz CT molecular complexity index is 824. The molecule has 0 aliphatic heterocycles. The highest BCUT2D eigenvalue weighted by atomic mass is 19.4. The van der Waals surface area contributed by atoms with Gasteiger partial charge in [0.15, 0.2) is 0 Å². The Morgan fingerprint density at radius 3 is 2.58 bits per heavy atom. The molecule has 1 amide bonds. The number of amides is 1. The predicted molar refractivity (Wildman–Crippen MR) is 82.3 cm³/mol. The van der Waals surface area contributed by atoms with E-state index in [0.29, 0.717) is 0 Å². The molecule has 6 nitrogen and oxygen atoms in total. The van der Waals surface area contributed by atoms with Crippen molar-refractivity contribution in [2.24, 2.45) is 0 Å². The van der Waals surface area contributed by atoms with Crippen LogP contribution in [-0.2, 0) is 6.18 Å². The number of carbonyl (C=O) groups excluding carboxylic acids is 1. The third kappa shape index (κ3) is 4.91. The zero-order valence-corrected chi connectivity index (χ0v) is 13.0. The summed E-state index contributed by atoms with van der Waals surface area (Å²) in [5, 5.41) is 12.9. The van der Waals surface area contributed by atoms with Crippen LogP contribution in [0.15, 0.2) is 42.5 Å². The number of hydrogen-bond acceptors (Lipinski definition) is 4. The van der Waals surface area contributed by atoms with Gasteiger partial charge in [-0.3, -0.25) is 14.9 Å². The van der Waals surface area contributed by atoms with Crippen LogP contribution in [0.25, 0.3) is 0 Å². The summed E-state index contributed by atoms with van der Waals surface area (Å²) in [4.78, 5) is 21.7. The smallest absolute Gasteiger partial charge is 0.416 e. The van der Waals surface area contributed by atoms with Gasteiger partial charge in [-0.05, 0) is 24.3 Å². The SMILES string of the molecule is O=C(NCCOc1cccc(C(F)(F)F)c1)c1cc([N+](=O)[O-])ccc1F. The fourth-order valence-electron chi connectivity index (χ4n) is 1.99. The number of carbonyl (C=O) groups is 1. The first kappa shape index (κ1) is 19.2. The lowest BCUT2D eigenvalue weighted by Crippen LogP contribution is -2.28. The molecule has 0 bridgehead atoms. The van der Waals surface area contributed by atoms with Gasteiger partial charge in [0.05, 0.1) is 22.6 Å². The van der Waals surface area contributed by atoms with Crippen molar-refractivity contribution in [3.63, 3.8) is 0 Å². The molecule has 0 atom stereocenters. The van der Waals surface area contributed by atoms with Gasteiger partial charge in [0.25, 0.3) is 11.6 Å². The highest BCUT2D eigenvalue weighted by Gasteiger charge is 2.30. The van der Waals surface area contributed by atoms with E-state index in [1.54, 1.807) is 0 Å². The molecule has 0 unspecified atom stereocenters. The molecule has 2 rings (SSSR count). The van der Waals surface area contributed by atoms with Gasteiger partial charge < -0.3 is 10.1 Å². The van der Waals surface area contributed by atoms with E-state index in [2.05, 4.69) is 5.32 Å². The summed E-state index contributed by atoms with van der Waals surface area (Å²) >= 11 is 0. The van der Waals surface area contributed by atoms with E-state index in [1.165, 1.54) is 12.1 Å². The van der Waals surface area contributed by atoms with Crippen LogP contribution >= 0.6 is 0 Å². The number of non-ortho nitro benzene ring substituents is 1. The number of ether oxygens (including phenoxy) is 1. The third-order valence-corrected chi connectivity index (χ3v) is 3.22. The molecule has 2 aromatic rings. The number of nitro benzene ring substituents is 1. The summed E-state index contributed by atoms with van der Waals surface area (Å²) in [5.41, 5.74) is -1.84. The van der Waals surface area contributed by atoms with E-state index in [1.807, 2.05) is 0 Å². The van der Waals surface area contributed by atoms with Gasteiger partial charge in [-0.15, -0.1) is 0 Å². The molecule has 0 heterocycles. The zero-order chi connectivity index (χ0) is 19.3. The molecule has 0 saturated carbocycles. The van der Waals surface area contributed by atoms with E-state index in [-0.39, 0.29) is 18.9 Å². The Morgan fingerprint density at radius 2 is 1.92 bits per heavy atom. The molecule has 1 N–H and O–H groups in total. The monoisotopic (exact) mass is 372 g/mol. The first-order chi connectivity index (χ1) is 12.2. The highest BCUT2D eigenvalue weighted by molar-refractivity contribution is 5.95. The maximum absolute atomic E-state index is 13.6. The number of rotatable bonds is 6. The summed E-state index contributed by atoms with van der Waals surface area (Å²) in [5.74, 6) is -1.89. The van der Waals surface area contributed by atoms with Crippen LogP contribution in [0, 0.1) is 15.9 Å². The van der Waals surface area contributed by atoms with Crippen molar-refractivity contribution in [3.05, 3.63) is 69.5 Å². The lowest BCUT2D eigenvalue weighted by molar-refractivity contribution is -0.384. The second kappa shape index (κ2) is 7.81. The van der Waals surface area contributed by atoms with E-state index in [4.69, 9.17) is 4.74 Å². The molecule has 2 aromatic carbocycles. The number of halogens is 4. The summed E-state index contributed by atoms with van der Waals surface area (Å²) in [6.07, 6.45) is -4.51. The second-order valence-corrected chi connectivity index (χ2v) is 5.05. The van der Waals surface area contributed by atoms with E-state index in [0.717, 1.165) is 30.3 Å². The van der Waals surface area contributed by atoms with E-state index >= 15 is 0 Å². The normalized spacial score (nSPS) is 11.1. The third-order valence-electron chi connectivity index (χ3n) is 3.22.